The molecule has 0 spiro atoms. The van der Waals surface area contributed by atoms with Crippen molar-refractivity contribution < 1.29 is 15.0 Å². The van der Waals surface area contributed by atoms with Gasteiger partial charge in [0, 0.05) is 0 Å². The minimum absolute atomic E-state index is 0.375. The number of rotatable bonds is 3. The number of aliphatic hydroxyl groups excluding tert-OH is 1. The molecule has 1 unspecified atom stereocenters. The van der Waals surface area contributed by atoms with Crippen molar-refractivity contribution in [3.8, 4) is 0 Å². The van der Waals surface area contributed by atoms with Crippen LogP contribution in [0.25, 0.3) is 0 Å². The van der Waals surface area contributed by atoms with Gasteiger partial charge in [-0.05, 0) is 5.56 Å². The summed E-state index contributed by atoms with van der Waals surface area (Å²) in [5.41, 5.74) is 8.74. The lowest BCUT2D eigenvalue weighted by atomic mass is 9.98. The lowest BCUT2D eigenvalue weighted by Crippen LogP contribution is -2.60. The summed E-state index contributed by atoms with van der Waals surface area (Å²) >= 11 is 0. The van der Waals surface area contributed by atoms with Crippen molar-refractivity contribution in [2.75, 3.05) is 0 Å². The van der Waals surface area contributed by atoms with Crippen molar-refractivity contribution >= 4 is 5.97 Å². The zero-order valence-electron chi connectivity index (χ0n) is 7.42. The fourth-order valence-corrected chi connectivity index (χ4v) is 1.03. The van der Waals surface area contributed by atoms with Crippen molar-refractivity contribution in [1.82, 2.24) is 0 Å². The van der Waals surface area contributed by atoms with Gasteiger partial charge in [-0.1, -0.05) is 30.3 Å². The van der Waals surface area contributed by atoms with E-state index < -0.39 is 17.7 Å². The predicted molar refractivity (Wildman–Crippen MR) is 50.1 cm³/mol. The molecule has 1 aromatic rings. The highest BCUT2D eigenvalue weighted by Crippen LogP contribution is 2.19. The second kappa shape index (κ2) is 3.75. The van der Waals surface area contributed by atoms with Crippen LogP contribution in [0.2, 0.25) is 0 Å². The smallest absolute Gasteiger partial charge is 0.341 e. The molecule has 6 N–H and O–H groups in total. The van der Waals surface area contributed by atoms with Crippen LogP contribution in [0.5, 0.6) is 0 Å². The van der Waals surface area contributed by atoms with Crippen molar-refractivity contribution in [1.29, 1.82) is 0 Å². The molecule has 0 aliphatic rings. The fraction of sp³-hybridized carbons (Fsp3) is 0.222. The quantitative estimate of drug-likeness (QED) is 0.483. The number of nitrogens with two attached hydrogens (primary N) is 2. The van der Waals surface area contributed by atoms with Crippen LogP contribution in [0.3, 0.4) is 0 Å². The van der Waals surface area contributed by atoms with Crippen LogP contribution >= 0.6 is 0 Å². The molecular formula is C9H12N2O3. The van der Waals surface area contributed by atoms with E-state index in [1.165, 1.54) is 0 Å². The van der Waals surface area contributed by atoms with E-state index >= 15 is 0 Å². The standard InChI is InChI=1S/C9H12N2O3/c10-9(11,8(13)14)7(12)6-4-2-1-3-5-6/h1-5,7,12H,10-11H2,(H,13,14). The van der Waals surface area contributed by atoms with Gasteiger partial charge in [0.25, 0.3) is 0 Å². The van der Waals surface area contributed by atoms with Crippen LogP contribution < -0.4 is 11.5 Å². The summed E-state index contributed by atoms with van der Waals surface area (Å²) in [7, 11) is 0. The predicted octanol–water partition coefficient (Wildman–Crippen LogP) is -0.582. The van der Waals surface area contributed by atoms with E-state index in [1.807, 2.05) is 0 Å². The topological polar surface area (TPSA) is 110 Å². The first kappa shape index (κ1) is 10.6. The number of carboxylic acid groups (broad SMARTS) is 1. The molecule has 14 heavy (non-hydrogen) atoms. The van der Waals surface area contributed by atoms with Crippen molar-refractivity contribution in [2.45, 2.75) is 11.8 Å². The summed E-state index contributed by atoms with van der Waals surface area (Å²) in [5.74, 6) is -1.45. The Morgan fingerprint density at radius 2 is 1.79 bits per heavy atom. The molecule has 0 aliphatic heterocycles. The molecule has 0 bridgehead atoms. The van der Waals surface area contributed by atoms with E-state index in [0.717, 1.165) is 0 Å². The minimum Gasteiger partial charge on any atom is -0.479 e. The number of aliphatic hydroxyl groups is 1. The number of aliphatic carboxylic acids is 1. The fourth-order valence-electron chi connectivity index (χ4n) is 1.03. The third-order valence-corrected chi connectivity index (χ3v) is 1.94. The first-order valence-electron chi connectivity index (χ1n) is 4.00. The molecule has 0 amide bonds. The molecule has 0 fully saturated rings. The lowest BCUT2D eigenvalue weighted by Gasteiger charge is -2.25. The number of hydrogen-bond donors (Lipinski definition) is 4. The molecular weight excluding hydrogens is 184 g/mol. The number of hydrogen-bond acceptors (Lipinski definition) is 4. The van der Waals surface area contributed by atoms with E-state index in [4.69, 9.17) is 16.6 Å². The van der Waals surface area contributed by atoms with Crippen molar-refractivity contribution in [2.24, 2.45) is 11.5 Å². The van der Waals surface area contributed by atoms with E-state index in [1.54, 1.807) is 30.3 Å². The second-order valence-corrected chi connectivity index (χ2v) is 3.05. The number of carboxylic acids is 1. The zero-order valence-corrected chi connectivity index (χ0v) is 7.42. The van der Waals surface area contributed by atoms with Gasteiger partial charge in [-0.3, -0.25) is 0 Å². The van der Waals surface area contributed by atoms with E-state index in [-0.39, 0.29) is 0 Å². The lowest BCUT2D eigenvalue weighted by molar-refractivity contribution is -0.148. The van der Waals surface area contributed by atoms with E-state index in [0.29, 0.717) is 5.56 Å². The molecule has 5 nitrogen and oxygen atoms in total. The number of carbonyl (C=O) groups is 1. The van der Waals surface area contributed by atoms with Gasteiger partial charge >= 0.3 is 5.97 Å². The highest BCUT2D eigenvalue weighted by atomic mass is 16.4. The molecule has 1 atom stereocenters. The Bertz CT molecular complexity index is 324. The summed E-state index contributed by atoms with van der Waals surface area (Å²) in [5, 5.41) is 18.3. The van der Waals surface area contributed by atoms with Crippen LogP contribution in [-0.4, -0.2) is 21.8 Å². The Balaban J connectivity index is 2.96. The average Bonchev–Trinajstić information content (AvgIpc) is 2.17. The molecule has 1 rings (SSSR count). The number of benzene rings is 1. The Hall–Kier alpha value is -1.43. The zero-order chi connectivity index (χ0) is 10.8. The second-order valence-electron chi connectivity index (χ2n) is 3.05. The van der Waals surface area contributed by atoms with Gasteiger partial charge in [0.2, 0.25) is 0 Å². The highest BCUT2D eigenvalue weighted by molar-refractivity contribution is 5.78. The van der Waals surface area contributed by atoms with E-state index in [2.05, 4.69) is 0 Å². The van der Waals surface area contributed by atoms with Gasteiger partial charge in [0.15, 0.2) is 5.66 Å². The third-order valence-electron chi connectivity index (χ3n) is 1.94. The monoisotopic (exact) mass is 196 g/mol. The van der Waals surface area contributed by atoms with Crippen molar-refractivity contribution in [3.63, 3.8) is 0 Å². The van der Waals surface area contributed by atoms with Crippen LogP contribution in [0.1, 0.15) is 11.7 Å². The summed E-state index contributed by atoms with van der Waals surface area (Å²) in [6, 6.07) is 8.18. The van der Waals surface area contributed by atoms with Gasteiger partial charge in [-0.2, -0.15) is 0 Å². The van der Waals surface area contributed by atoms with Gasteiger partial charge in [-0.15, -0.1) is 0 Å². The van der Waals surface area contributed by atoms with Crippen LogP contribution in [0.4, 0.5) is 0 Å². The SMILES string of the molecule is NC(N)(C(=O)O)C(O)c1ccccc1. The largest absolute Gasteiger partial charge is 0.479 e. The molecule has 0 saturated heterocycles. The van der Waals surface area contributed by atoms with Gasteiger partial charge in [-0.25, -0.2) is 4.79 Å². The summed E-state index contributed by atoms with van der Waals surface area (Å²) in [6.07, 6.45) is -1.43. The molecule has 0 aromatic heterocycles. The average molecular weight is 196 g/mol. The molecule has 1 aromatic carbocycles. The first-order chi connectivity index (χ1) is 6.46. The van der Waals surface area contributed by atoms with Crippen LogP contribution in [0.15, 0.2) is 30.3 Å². The van der Waals surface area contributed by atoms with Gasteiger partial charge in [0.1, 0.15) is 6.10 Å². The maximum absolute atomic E-state index is 10.6. The molecule has 76 valence electrons. The summed E-state index contributed by atoms with van der Waals surface area (Å²) in [4.78, 5) is 10.6. The summed E-state index contributed by atoms with van der Waals surface area (Å²) < 4.78 is 0. The minimum atomic E-state index is -2.17. The Kier molecular flexibility index (Phi) is 2.85. The van der Waals surface area contributed by atoms with E-state index in [9.17, 15) is 9.90 Å². The summed E-state index contributed by atoms with van der Waals surface area (Å²) in [6.45, 7) is 0. The normalized spacial score (nSPS) is 13.6. The van der Waals surface area contributed by atoms with Crippen LogP contribution in [-0.2, 0) is 4.79 Å². The molecule has 0 saturated carbocycles. The Morgan fingerprint density at radius 1 is 1.29 bits per heavy atom. The third kappa shape index (κ3) is 1.90. The molecule has 5 heteroatoms. The molecule has 0 aliphatic carbocycles. The Morgan fingerprint density at radius 3 is 2.21 bits per heavy atom. The first-order valence-corrected chi connectivity index (χ1v) is 4.00. The Labute approximate surface area is 81.0 Å². The maximum atomic E-state index is 10.6. The molecule has 0 heterocycles. The van der Waals surface area contributed by atoms with Gasteiger partial charge in [0.05, 0.1) is 0 Å². The maximum Gasteiger partial charge on any atom is 0.341 e. The molecule has 0 radical (unpaired) electrons. The van der Waals surface area contributed by atoms with Crippen molar-refractivity contribution in [3.05, 3.63) is 35.9 Å². The highest BCUT2D eigenvalue weighted by Gasteiger charge is 2.38. The van der Waals surface area contributed by atoms with Crippen LogP contribution in [0, 0.1) is 0 Å². The van der Waals surface area contributed by atoms with Gasteiger partial charge < -0.3 is 21.7 Å².